The molecule has 2 heterocycles. The fourth-order valence-electron chi connectivity index (χ4n) is 4.74. The third-order valence-corrected chi connectivity index (χ3v) is 6.78. The number of hydrogen-bond acceptors (Lipinski definition) is 4. The molecule has 0 aliphatic carbocycles. The normalized spacial score (nSPS) is 21.6. The summed E-state index contributed by atoms with van der Waals surface area (Å²) in [6.45, 7) is 10.5. The molecule has 1 N–H and O–H groups in total. The van der Waals surface area contributed by atoms with Crippen LogP contribution >= 0.6 is 0 Å². The highest BCUT2D eigenvalue weighted by atomic mass is 16.2. The predicted molar refractivity (Wildman–Crippen MR) is 127 cm³/mol. The summed E-state index contributed by atoms with van der Waals surface area (Å²) in [4.78, 5) is 41.7. The van der Waals surface area contributed by atoms with Crippen LogP contribution in [0.5, 0.6) is 0 Å². The molecule has 2 aliphatic heterocycles. The van der Waals surface area contributed by atoms with Crippen LogP contribution in [0.3, 0.4) is 0 Å². The molecule has 0 unspecified atom stereocenters. The molecule has 6 nitrogen and oxygen atoms in total. The van der Waals surface area contributed by atoms with Gasteiger partial charge in [-0.25, -0.2) is 9.69 Å². The molecule has 6 heteroatoms. The van der Waals surface area contributed by atoms with E-state index in [1.54, 1.807) is 18.2 Å². The Labute approximate surface area is 188 Å². The number of benzene rings is 2. The minimum atomic E-state index is -0.730. The highest BCUT2D eigenvalue weighted by Crippen LogP contribution is 2.43. The lowest BCUT2D eigenvalue weighted by atomic mass is 9.79. The van der Waals surface area contributed by atoms with Crippen molar-refractivity contribution in [1.82, 2.24) is 5.32 Å². The molecule has 0 bridgehead atoms. The van der Waals surface area contributed by atoms with E-state index in [0.717, 1.165) is 28.0 Å². The van der Waals surface area contributed by atoms with Crippen molar-refractivity contribution in [3.05, 3.63) is 64.2 Å². The SMILES string of the molecule is Cc1cc2c(cc1/C=C1\C(=O)NC(=O)N(c3ccccc3C)C1=O)[C@H](C)CC(C)(C)N2C. The number of nitrogens with one attached hydrogen (secondary N) is 1. The van der Waals surface area contributed by atoms with Crippen LogP contribution in [-0.2, 0) is 9.59 Å². The third kappa shape index (κ3) is 3.49. The van der Waals surface area contributed by atoms with E-state index in [4.69, 9.17) is 0 Å². The second kappa shape index (κ2) is 7.62. The van der Waals surface area contributed by atoms with Gasteiger partial charge in [-0.2, -0.15) is 0 Å². The van der Waals surface area contributed by atoms with E-state index in [0.29, 0.717) is 11.6 Å². The van der Waals surface area contributed by atoms with Crippen LogP contribution in [0, 0.1) is 13.8 Å². The fraction of sp³-hybridized carbons (Fsp3) is 0.346. The van der Waals surface area contributed by atoms with Crippen molar-refractivity contribution in [2.24, 2.45) is 0 Å². The van der Waals surface area contributed by atoms with Crippen molar-refractivity contribution in [3.63, 3.8) is 0 Å². The average Bonchev–Trinajstić information content (AvgIpc) is 2.71. The monoisotopic (exact) mass is 431 g/mol. The molecule has 4 rings (SSSR count). The van der Waals surface area contributed by atoms with Gasteiger partial charge in [0, 0.05) is 18.3 Å². The van der Waals surface area contributed by atoms with Crippen LogP contribution in [0.2, 0.25) is 0 Å². The van der Waals surface area contributed by atoms with Crippen LogP contribution in [0.25, 0.3) is 6.08 Å². The molecule has 2 aromatic carbocycles. The number of urea groups is 1. The van der Waals surface area contributed by atoms with Crippen molar-refractivity contribution in [2.45, 2.75) is 52.5 Å². The van der Waals surface area contributed by atoms with Crippen LogP contribution in [0.15, 0.2) is 42.0 Å². The van der Waals surface area contributed by atoms with Gasteiger partial charge in [0.15, 0.2) is 0 Å². The van der Waals surface area contributed by atoms with Crippen molar-refractivity contribution in [2.75, 3.05) is 16.8 Å². The Hall–Kier alpha value is -3.41. The molecule has 2 aromatic rings. The van der Waals surface area contributed by atoms with Gasteiger partial charge in [-0.05, 0) is 86.6 Å². The van der Waals surface area contributed by atoms with Crippen LogP contribution in [-0.4, -0.2) is 30.4 Å². The number of para-hydroxylation sites is 1. The molecule has 4 amide bonds. The van der Waals surface area contributed by atoms with E-state index in [2.05, 4.69) is 50.2 Å². The minimum absolute atomic E-state index is 0.0481. The second-order valence-corrected chi connectivity index (χ2v) is 9.49. The lowest BCUT2D eigenvalue weighted by molar-refractivity contribution is -0.122. The number of imide groups is 2. The third-order valence-electron chi connectivity index (χ3n) is 6.78. The summed E-state index contributed by atoms with van der Waals surface area (Å²) in [6.07, 6.45) is 2.61. The number of nitrogens with zero attached hydrogens (tertiary/aromatic N) is 2. The first-order valence-corrected chi connectivity index (χ1v) is 10.9. The van der Waals surface area contributed by atoms with Gasteiger partial charge in [-0.15, -0.1) is 0 Å². The molecule has 1 saturated heterocycles. The van der Waals surface area contributed by atoms with Crippen LogP contribution in [0.4, 0.5) is 16.2 Å². The van der Waals surface area contributed by atoms with E-state index in [1.807, 2.05) is 26.0 Å². The fourth-order valence-corrected chi connectivity index (χ4v) is 4.74. The van der Waals surface area contributed by atoms with Gasteiger partial charge in [0.1, 0.15) is 5.57 Å². The number of aryl methyl sites for hydroxylation is 2. The summed E-state index contributed by atoms with van der Waals surface area (Å²) >= 11 is 0. The Morgan fingerprint density at radius 3 is 2.41 bits per heavy atom. The smallest absolute Gasteiger partial charge is 0.335 e. The Morgan fingerprint density at radius 2 is 1.72 bits per heavy atom. The number of carbonyl (C=O) groups is 3. The molecule has 1 fully saturated rings. The first-order chi connectivity index (χ1) is 15.0. The van der Waals surface area contributed by atoms with E-state index in [1.165, 1.54) is 11.3 Å². The largest absolute Gasteiger partial charge is 0.369 e. The summed E-state index contributed by atoms with van der Waals surface area (Å²) in [5.41, 5.74) is 5.38. The van der Waals surface area contributed by atoms with Gasteiger partial charge in [0.2, 0.25) is 0 Å². The van der Waals surface area contributed by atoms with Gasteiger partial charge >= 0.3 is 6.03 Å². The first-order valence-electron chi connectivity index (χ1n) is 10.9. The maximum absolute atomic E-state index is 13.3. The molecule has 0 saturated carbocycles. The first kappa shape index (κ1) is 21.8. The van der Waals surface area contributed by atoms with E-state index in [-0.39, 0.29) is 11.1 Å². The van der Waals surface area contributed by atoms with E-state index >= 15 is 0 Å². The van der Waals surface area contributed by atoms with Gasteiger partial charge < -0.3 is 4.90 Å². The molecule has 2 aliphatic rings. The van der Waals surface area contributed by atoms with Crippen molar-refractivity contribution in [3.8, 4) is 0 Å². The van der Waals surface area contributed by atoms with Crippen LogP contribution < -0.4 is 15.1 Å². The maximum Gasteiger partial charge on any atom is 0.335 e. The maximum atomic E-state index is 13.3. The number of barbiturate groups is 1. The molecule has 0 aromatic heterocycles. The minimum Gasteiger partial charge on any atom is -0.369 e. The summed E-state index contributed by atoms with van der Waals surface area (Å²) in [5.74, 6) is -0.945. The topological polar surface area (TPSA) is 69.7 Å². The summed E-state index contributed by atoms with van der Waals surface area (Å²) in [7, 11) is 2.10. The number of rotatable bonds is 2. The number of anilines is 2. The van der Waals surface area contributed by atoms with E-state index in [9.17, 15) is 14.4 Å². The average molecular weight is 432 g/mol. The molecular formula is C26H29N3O3. The lowest BCUT2D eigenvalue weighted by Gasteiger charge is -2.45. The Kier molecular flexibility index (Phi) is 5.19. The zero-order valence-electron chi connectivity index (χ0n) is 19.4. The number of amides is 4. The zero-order valence-corrected chi connectivity index (χ0v) is 19.4. The molecule has 166 valence electrons. The number of carbonyl (C=O) groups excluding carboxylic acids is 3. The van der Waals surface area contributed by atoms with Gasteiger partial charge in [0.25, 0.3) is 11.8 Å². The predicted octanol–water partition coefficient (Wildman–Crippen LogP) is 4.69. The molecule has 0 spiro atoms. The van der Waals surface area contributed by atoms with Gasteiger partial charge in [0.05, 0.1) is 5.69 Å². The number of hydrogen-bond donors (Lipinski definition) is 1. The zero-order chi connectivity index (χ0) is 23.4. The van der Waals surface area contributed by atoms with Crippen molar-refractivity contribution >= 4 is 35.3 Å². The van der Waals surface area contributed by atoms with Crippen molar-refractivity contribution in [1.29, 1.82) is 0 Å². The number of fused-ring (bicyclic) bond motifs is 1. The Balaban J connectivity index is 1.79. The highest BCUT2D eigenvalue weighted by molar-refractivity contribution is 6.39. The quantitative estimate of drug-likeness (QED) is 0.553. The highest BCUT2D eigenvalue weighted by Gasteiger charge is 2.38. The van der Waals surface area contributed by atoms with Crippen LogP contribution in [0.1, 0.15) is 55.4 Å². The molecule has 32 heavy (non-hydrogen) atoms. The Morgan fingerprint density at radius 1 is 1.03 bits per heavy atom. The lowest BCUT2D eigenvalue weighted by Crippen LogP contribution is -2.54. The summed E-state index contributed by atoms with van der Waals surface area (Å²) in [6, 6.07) is 10.6. The molecule has 0 radical (unpaired) electrons. The second-order valence-electron chi connectivity index (χ2n) is 9.49. The standard InChI is InChI=1S/C26H29N3O3/c1-15-9-7-8-10-21(15)29-24(31)20(23(30)27-25(29)32)13-18-12-19-17(3)14-26(4,5)28(6)22(19)11-16(18)2/h7-13,17H,14H2,1-6H3,(H,27,30,32)/b20-13+/t17-/m1/s1. The van der Waals surface area contributed by atoms with Gasteiger partial charge in [-0.3, -0.25) is 14.9 Å². The van der Waals surface area contributed by atoms with E-state index < -0.39 is 17.8 Å². The molecular weight excluding hydrogens is 402 g/mol. The summed E-state index contributed by atoms with van der Waals surface area (Å²) in [5, 5.41) is 2.31. The van der Waals surface area contributed by atoms with Crippen molar-refractivity contribution < 1.29 is 14.4 Å². The summed E-state index contributed by atoms with van der Waals surface area (Å²) < 4.78 is 0. The molecule has 1 atom stereocenters. The Bertz CT molecular complexity index is 1180. The van der Waals surface area contributed by atoms with Gasteiger partial charge in [-0.1, -0.05) is 25.1 Å².